The van der Waals surface area contributed by atoms with E-state index in [2.05, 4.69) is 24.1 Å². The molecule has 0 aromatic heterocycles. The van der Waals surface area contributed by atoms with Crippen LogP contribution in [-0.4, -0.2) is 43.0 Å². The standard InChI is InChI=1S/C11H25N3O/c1-4-10(3)13-11(15)9-14(5-2)8-6-7-12/h10H,4-9,12H2,1-3H3,(H,13,15). The minimum absolute atomic E-state index is 0.114. The second-order valence-electron chi connectivity index (χ2n) is 3.89. The predicted molar refractivity (Wildman–Crippen MR) is 63.7 cm³/mol. The molecule has 0 saturated heterocycles. The zero-order chi connectivity index (χ0) is 11.7. The Kier molecular flexibility index (Phi) is 8.33. The summed E-state index contributed by atoms with van der Waals surface area (Å²) in [6.45, 7) is 9.12. The van der Waals surface area contributed by atoms with Crippen molar-refractivity contribution in [2.45, 2.75) is 39.7 Å². The van der Waals surface area contributed by atoms with Crippen LogP contribution in [0.1, 0.15) is 33.6 Å². The highest BCUT2D eigenvalue weighted by Gasteiger charge is 2.09. The van der Waals surface area contributed by atoms with Crippen molar-refractivity contribution in [1.29, 1.82) is 0 Å². The van der Waals surface area contributed by atoms with Crippen LogP contribution in [0.15, 0.2) is 0 Å². The van der Waals surface area contributed by atoms with Gasteiger partial charge in [-0.15, -0.1) is 0 Å². The minimum Gasteiger partial charge on any atom is -0.353 e. The topological polar surface area (TPSA) is 58.4 Å². The van der Waals surface area contributed by atoms with E-state index in [0.29, 0.717) is 13.1 Å². The smallest absolute Gasteiger partial charge is 0.234 e. The molecule has 1 amide bonds. The molecule has 0 aliphatic carbocycles. The van der Waals surface area contributed by atoms with E-state index in [-0.39, 0.29) is 11.9 Å². The fraction of sp³-hybridized carbons (Fsp3) is 0.909. The Morgan fingerprint density at radius 2 is 2.13 bits per heavy atom. The molecule has 0 aliphatic heterocycles. The largest absolute Gasteiger partial charge is 0.353 e. The molecular formula is C11H25N3O. The number of hydrogen-bond acceptors (Lipinski definition) is 3. The summed E-state index contributed by atoms with van der Waals surface area (Å²) in [5.74, 6) is 0.114. The SMILES string of the molecule is CCC(C)NC(=O)CN(CC)CCCN. The molecule has 90 valence electrons. The van der Waals surface area contributed by atoms with Crippen LogP contribution in [0, 0.1) is 0 Å². The van der Waals surface area contributed by atoms with Crippen molar-refractivity contribution in [1.82, 2.24) is 10.2 Å². The maximum atomic E-state index is 11.6. The van der Waals surface area contributed by atoms with Crippen LogP contribution in [0.3, 0.4) is 0 Å². The highest BCUT2D eigenvalue weighted by molar-refractivity contribution is 5.78. The monoisotopic (exact) mass is 215 g/mol. The summed E-state index contributed by atoms with van der Waals surface area (Å²) in [6.07, 6.45) is 1.92. The van der Waals surface area contributed by atoms with Gasteiger partial charge in [-0.3, -0.25) is 9.69 Å². The molecule has 1 unspecified atom stereocenters. The third-order valence-corrected chi connectivity index (χ3v) is 2.51. The van der Waals surface area contributed by atoms with Gasteiger partial charge in [-0.05, 0) is 39.4 Å². The summed E-state index contributed by atoms with van der Waals surface area (Å²) >= 11 is 0. The Hall–Kier alpha value is -0.610. The molecule has 0 spiro atoms. The zero-order valence-corrected chi connectivity index (χ0v) is 10.3. The number of nitrogens with two attached hydrogens (primary N) is 1. The molecule has 0 aromatic carbocycles. The lowest BCUT2D eigenvalue weighted by atomic mass is 10.2. The number of amides is 1. The van der Waals surface area contributed by atoms with Gasteiger partial charge < -0.3 is 11.1 Å². The third-order valence-electron chi connectivity index (χ3n) is 2.51. The van der Waals surface area contributed by atoms with Crippen molar-refractivity contribution in [2.75, 3.05) is 26.2 Å². The Labute approximate surface area is 93.2 Å². The van der Waals surface area contributed by atoms with E-state index in [1.54, 1.807) is 0 Å². The van der Waals surface area contributed by atoms with E-state index < -0.39 is 0 Å². The summed E-state index contributed by atoms with van der Waals surface area (Å²) in [6, 6.07) is 0.269. The summed E-state index contributed by atoms with van der Waals surface area (Å²) in [7, 11) is 0. The van der Waals surface area contributed by atoms with Gasteiger partial charge in [0.05, 0.1) is 6.54 Å². The molecule has 0 aromatic rings. The average molecular weight is 215 g/mol. The second-order valence-corrected chi connectivity index (χ2v) is 3.89. The number of carbonyl (C=O) groups excluding carboxylic acids is 1. The Morgan fingerprint density at radius 1 is 1.47 bits per heavy atom. The first kappa shape index (κ1) is 14.4. The molecule has 4 heteroatoms. The summed E-state index contributed by atoms with van der Waals surface area (Å²) in [5, 5.41) is 2.96. The van der Waals surface area contributed by atoms with E-state index in [1.807, 2.05) is 6.92 Å². The van der Waals surface area contributed by atoms with Gasteiger partial charge in [0, 0.05) is 6.04 Å². The van der Waals surface area contributed by atoms with Crippen LogP contribution in [0.5, 0.6) is 0 Å². The van der Waals surface area contributed by atoms with Crippen molar-refractivity contribution in [2.24, 2.45) is 5.73 Å². The first-order valence-corrected chi connectivity index (χ1v) is 5.85. The lowest BCUT2D eigenvalue weighted by Gasteiger charge is -2.20. The van der Waals surface area contributed by atoms with E-state index in [0.717, 1.165) is 25.9 Å². The lowest BCUT2D eigenvalue weighted by Crippen LogP contribution is -2.41. The van der Waals surface area contributed by atoms with Gasteiger partial charge in [-0.2, -0.15) is 0 Å². The Morgan fingerprint density at radius 3 is 2.60 bits per heavy atom. The number of rotatable bonds is 8. The van der Waals surface area contributed by atoms with E-state index in [9.17, 15) is 4.79 Å². The maximum Gasteiger partial charge on any atom is 0.234 e. The van der Waals surface area contributed by atoms with Gasteiger partial charge in [0.25, 0.3) is 0 Å². The summed E-state index contributed by atoms with van der Waals surface area (Å²) < 4.78 is 0. The number of nitrogens with one attached hydrogen (secondary N) is 1. The van der Waals surface area contributed by atoms with E-state index in [4.69, 9.17) is 5.73 Å². The summed E-state index contributed by atoms with van der Waals surface area (Å²) in [4.78, 5) is 13.7. The average Bonchev–Trinajstić information content (AvgIpc) is 2.23. The summed E-state index contributed by atoms with van der Waals surface area (Å²) in [5.41, 5.74) is 5.44. The van der Waals surface area contributed by atoms with Gasteiger partial charge >= 0.3 is 0 Å². The van der Waals surface area contributed by atoms with Gasteiger partial charge in [0.15, 0.2) is 0 Å². The molecule has 0 radical (unpaired) electrons. The molecule has 3 N–H and O–H groups in total. The number of likely N-dealkylation sites (N-methyl/N-ethyl adjacent to an activating group) is 1. The molecular weight excluding hydrogens is 190 g/mol. The van der Waals surface area contributed by atoms with Crippen LogP contribution in [0.2, 0.25) is 0 Å². The maximum absolute atomic E-state index is 11.6. The van der Waals surface area contributed by atoms with Crippen LogP contribution < -0.4 is 11.1 Å². The molecule has 0 heterocycles. The van der Waals surface area contributed by atoms with Gasteiger partial charge in [0.1, 0.15) is 0 Å². The Bertz CT molecular complexity index is 173. The van der Waals surface area contributed by atoms with Crippen molar-refractivity contribution >= 4 is 5.91 Å². The van der Waals surface area contributed by atoms with Crippen molar-refractivity contribution < 1.29 is 4.79 Å². The van der Waals surface area contributed by atoms with Crippen molar-refractivity contribution in [3.05, 3.63) is 0 Å². The normalized spacial score (nSPS) is 12.9. The molecule has 0 rings (SSSR count). The molecule has 4 nitrogen and oxygen atoms in total. The first-order chi connectivity index (χ1) is 7.13. The predicted octanol–water partition coefficient (Wildman–Crippen LogP) is 0.572. The fourth-order valence-corrected chi connectivity index (χ4v) is 1.29. The van der Waals surface area contributed by atoms with E-state index in [1.165, 1.54) is 0 Å². The highest BCUT2D eigenvalue weighted by atomic mass is 16.2. The second kappa shape index (κ2) is 8.68. The zero-order valence-electron chi connectivity index (χ0n) is 10.3. The van der Waals surface area contributed by atoms with Crippen molar-refractivity contribution in [3.63, 3.8) is 0 Å². The fourth-order valence-electron chi connectivity index (χ4n) is 1.29. The van der Waals surface area contributed by atoms with E-state index >= 15 is 0 Å². The molecule has 1 atom stereocenters. The van der Waals surface area contributed by atoms with Crippen LogP contribution >= 0.6 is 0 Å². The quantitative estimate of drug-likeness (QED) is 0.622. The van der Waals surface area contributed by atoms with Crippen LogP contribution in [0.4, 0.5) is 0 Å². The van der Waals surface area contributed by atoms with Gasteiger partial charge in [-0.1, -0.05) is 13.8 Å². The van der Waals surface area contributed by atoms with Gasteiger partial charge in [0.2, 0.25) is 5.91 Å². The minimum atomic E-state index is 0.114. The molecule has 0 saturated carbocycles. The van der Waals surface area contributed by atoms with Crippen molar-refractivity contribution in [3.8, 4) is 0 Å². The van der Waals surface area contributed by atoms with Crippen LogP contribution in [0.25, 0.3) is 0 Å². The number of carbonyl (C=O) groups is 1. The highest BCUT2D eigenvalue weighted by Crippen LogP contribution is 1.92. The lowest BCUT2D eigenvalue weighted by molar-refractivity contribution is -0.122. The molecule has 0 aliphatic rings. The van der Waals surface area contributed by atoms with Gasteiger partial charge in [-0.25, -0.2) is 0 Å². The Balaban J connectivity index is 3.79. The first-order valence-electron chi connectivity index (χ1n) is 5.85. The molecule has 0 bridgehead atoms. The molecule has 15 heavy (non-hydrogen) atoms. The number of nitrogens with zero attached hydrogens (tertiary/aromatic N) is 1. The number of hydrogen-bond donors (Lipinski definition) is 2. The van der Waals surface area contributed by atoms with Crippen LogP contribution in [-0.2, 0) is 4.79 Å². The molecule has 0 fully saturated rings. The third kappa shape index (κ3) is 7.33.